The van der Waals surface area contributed by atoms with E-state index in [-0.39, 0.29) is 11.9 Å². The van der Waals surface area contributed by atoms with Crippen LogP contribution in [0.1, 0.15) is 37.9 Å². The van der Waals surface area contributed by atoms with E-state index in [0.29, 0.717) is 5.02 Å². The van der Waals surface area contributed by atoms with Gasteiger partial charge in [-0.1, -0.05) is 74.8 Å². The van der Waals surface area contributed by atoms with Gasteiger partial charge in [-0.25, -0.2) is 0 Å². The second-order valence-corrected chi connectivity index (χ2v) is 6.56. The van der Waals surface area contributed by atoms with Crippen LogP contribution in [0.4, 0.5) is 0 Å². The van der Waals surface area contributed by atoms with E-state index in [1.165, 1.54) is 0 Å². The summed E-state index contributed by atoms with van der Waals surface area (Å²) in [6.45, 7) is 5.73. The Labute approximate surface area is 131 Å². The molecular weight excluding hydrogens is 282 g/mol. The van der Waals surface area contributed by atoms with Crippen LogP contribution < -0.4 is 5.32 Å². The van der Waals surface area contributed by atoms with Gasteiger partial charge in [-0.2, -0.15) is 0 Å². The highest BCUT2D eigenvalue weighted by molar-refractivity contribution is 6.30. The molecule has 0 fully saturated rings. The van der Waals surface area contributed by atoms with Crippen LogP contribution in [-0.2, 0) is 4.79 Å². The molecule has 21 heavy (non-hydrogen) atoms. The molecule has 3 heteroatoms. The van der Waals surface area contributed by atoms with Crippen LogP contribution in [0.5, 0.6) is 0 Å². The van der Waals surface area contributed by atoms with E-state index in [1.807, 2.05) is 75.4 Å². The molecule has 2 nitrogen and oxygen atoms in total. The Balaban J connectivity index is 2.36. The van der Waals surface area contributed by atoms with Crippen LogP contribution in [0.2, 0.25) is 5.02 Å². The first-order valence-corrected chi connectivity index (χ1v) is 7.37. The highest BCUT2D eigenvalue weighted by Gasteiger charge is 2.25. The largest absolute Gasteiger partial charge is 0.345 e. The Bertz CT molecular complexity index is 599. The lowest BCUT2D eigenvalue weighted by atomic mass is 9.92. The number of hydrogen-bond acceptors (Lipinski definition) is 1. The molecule has 0 saturated heterocycles. The Morgan fingerprint density at radius 2 is 1.48 bits per heavy atom. The zero-order valence-corrected chi connectivity index (χ0v) is 13.3. The lowest BCUT2D eigenvalue weighted by Gasteiger charge is -2.25. The predicted molar refractivity (Wildman–Crippen MR) is 87.3 cm³/mol. The minimum atomic E-state index is -0.431. The maximum atomic E-state index is 12.4. The van der Waals surface area contributed by atoms with E-state index in [4.69, 9.17) is 11.6 Å². The molecule has 0 bridgehead atoms. The van der Waals surface area contributed by atoms with E-state index in [0.717, 1.165) is 11.1 Å². The zero-order valence-electron chi connectivity index (χ0n) is 12.6. The molecule has 0 aliphatic carbocycles. The lowest BCUT2D eigenvalue weighted by molar-refractivity contribution is -0.129. The summed E-state index contributed by atoms with van der Waals surface area (Å²) >= 11 is 5.95. The van der Waals surface area contributed by atoms with Crippen molar-refractivity contribution in [2.24, 2.45) is 5.41 Å². The van der Waals surface area contributed by atoms with E-state index < -0.39 is 5.41 Å². The van der Waals surface area contributed by atoms with Crippen molar-refractivity contribution in [3.63, 3.8) is 0 Å². The molecule has 1 amide bonds. The van der Waals surface area contributed by atoms with Gasteiger partial charge in [-0.3, -0.25) is 4.79 Å². The molecule has 0 heterocycles. The van der Waals surface area contributed by atoms with Crippen LogP contribution in [-0.4, -0.2) is 5.91 Å². The number of amides is 1. The maximum Gasteiger partial charge on any atom is 0.226 e. The van der Waals surface area contributed by atoms with E-state index >= 15 is 0 Å². The number of benzene rings is 2. The second-order valence-electron chi connectivity index (χ2n) is 6.12. The summed E-state index contributed by atoms with van der Waals surface area (Å²) in [7, 11) is 0. The number of carbonyl (C=O) groups is 1. The Kier molecular flexibility index (Phi) is 4.69. The van der Waals surface area contributed by atoms with E-state index in [9.17, 15) is 4.79 Å². The zero-order chi connectivity index (χ0) is 15.5. The van der Waals surface area contributed by atoms with Crippen LogP contribution in [0, 0.1) is 5.41 Å². The lowest BCUT2D eigenvalue weighted by Crippen LogP contribution is -2.37. The van der Waals surface area contributed by atoms with Crippen molar-refractivity contribution in [3.05, 3.63) is 70.7 Å². The monoisotopic (exact) mass is 301 g/mol. The van der Waals surface area contributed by atoms with Gasteiger partial charge in [0, 0.05) is 10.4 Å². The third-order valence-corrected chi connectivity index (χ3v) is 3.54. The van der Waals surface area contributed by atoms with Gasteiger partial charge in [0.1, 0.15) is 0 Å². The fraction of sp³-hybridized carbons (Fsp3) is 0.278. The summed E-state index contributed by atoms with van der Waals surface area (Å²) in [6.07, 6.45) is 0. The van der Waals surface area contributed by atoms with Crippen molar-refractivity contribution < 1.29 is 4.79 Å². The molecule has 2 aromatic carbocycles. The van der Waals surface area contributed by atoms with Gasteiger partial charge in [0.05, 0.1) is 6.04 Å². The first-order chi connectivity index (χ1) is 9.88. The Hall–Kier alpha value is -1.80. The molecule has 0 aromatic heterocycles. The number of carbonyl (C=O) groups excluding carboxylic acids is 1. The number of hydrogen-bond donors (Lipinski definition) is 1. The molecule has 0 radical (unpaired) electrons. The summed E-state index contributed by atoms with van der Waals surface area (Å²) in [5, 5.41) is 3.81. The molecule has 0 saturated carbocycles. The molecule has 0 aliphatic rings. The number of halogens is 1. The van der Waals surface area contributed by atoms with Gasteiger partial charge in [0.2, 0.25) is 5.91 Å². The van der Waals surface area contributed by atoms with Crippen molar-refractivity contribution in [1.82, 2.24) is 5.32 Å². The summed E-state index contributed by atoms with van der Waals surface area (Å²) < 4.78 is 0. The second kappa shape index (κ2) is 6.31. The molecule has 1 N–H and O–H groups in total. The normalized spacial score (nSPS) is 12.8. The highest BCUT2D eigenvalue weighted by Crippen LogP contribution is 2.25. The molecule has 2 rings (SSSR count). The first-order valence-electron chi connectivity index (χ1n) is 6.99. The maximum absolute atomic E-state index is 12.4. The summed E-state index contributed by atoms with van der Waals surface area (Å²) in [5.41, 5.74) is 1.64. The topological polar surface area (TPSA) is 29.1 Å². The fourth-order valence-corrected chi connectivity index (χ4v) is 2.13. The van der Waals surface area contributed by atoms with E-state index in [2.05, 4.69) is 5.32 Å². The van der Waals surface area contributed by atoms with Gasteiger partial charge in [-0.15, -0.1) is 0 Å². The summed E-state index contributed by atoms with van der Waals surface area (Å²) in [4.78, 5) is 12.4. The molecule has 110 valence electrons. The Morgan fingerprint density at radius 1 is 0.952 bits per heavy atom. The summed E-state index contributed by atoms with van der Waals surface area (Å²) in [5.74, 6) is 0.0197. The van der Waals surface area contributed by atoms with Crippen molar-refractivity contribution >= 4 is 17.5 Å². The van der Waals surface area contributed by atoms with Crippen molar-refractivity contribution in [1.29, 1.82) is 0 Å². The number of nitrogens with one attached hydrogen (secondary N) is 1. The average Bonchev–Trinajstić information content (AvgIpc) is 2.45. The SMILES string of the molecule is CC(C)(C)C(=O)N[C@@H](c1ccccc1)c1ccc(Cl)cc1. The minimum Gasteiger partial charge on any atom is -0.345 e. The first kappa shape index (κ1) is 15.6. The minimum absolute atomic E-state index is 0.0197. The van der Waals surface area contributed by atoms with Crippen LogP contribution >= 0.6 is 11.6 Å². The Morgan fingerprint density at radius 3 is 2.00 bits per heavy atom. The fourth-order valence-electron chi connectivity index (χ4n) is 2.01. The highest BCUT2D eigenvalue weighted by atomic mass is 35.5. The molecular formula is C18H20ClNO. The van der Waals surface area contributed by atoms with Crippen molar-refractivity contribution in [3.8, 4) is 0 Å². The van der Waals surface area contributed by atoms with E-state index in [1.54, 1.807) is 0 Å². The van der Waals surface area contributed by atoms with Crippen LogP contribution in [0.25, 0.3) is 0 Å². The average molecular weight is 302 g/mol. The molecule has 1 atom stereocenters. The van der Waals surface area contributed by atoms with Crippen molar-refractivity contribution in [2.45, 2.75) is 26.8 Å². The van der Waals surface area contributed by atoms with Crippen LogP contribution in [0.15, 0.2) is 54.6 Å². The standard InChI is InChI=1S/C18H20ClNO/c1-18(2,3)17(21)20-16(13-7-5-4-6-8-13)14-9-11-15(19)12-10-14/h4-12,16H,1-3H3,(H,20,21)/t16-/m0/s1. The van der Waals surface area contributed by atoms with Gasteiger partial charge >= 0.3 is 0 Å². The molecule has 0 aliphatic heterocycles. The van der Waals surface area contributed by atoms with Gasteiger partial charge < -0.3 is 5.32 Å². The molecule has 0 unspecified atom stereocenters. The quantitative estimate of drug-likeness (QED) is 0.882. The molecule has 0 spiro atoms. The smallest absolute Gasteiger partial charge is 0.226 e. The third-order valence-electron chi connectivity index (χ3n) is 3.29. The van der Waals surface area contributed by atoms with Crippen LogP contribution in [0.3, 0.4) is 0 Å². The molecule has 2 aromatic rings. The van der Waals surface area contributed by atoms with Gasteiger partial charge in [-0.05, 0) is 23.3 Å². The predicted octanol–water partition coefficient (Wildman–Crippen LogP) is 4.59. The van der Waals surface area contributed by atoms with Gasteiger partial charge in [0.25, 0.3) is 0 Å². The summed E-state index contributed by atoms with van der Waals surface area (Å²) in [6, 6.07) is 17.4. The third kappa shape index (κ3) is 4.08. The van der Waals surface area contributed by atoms with Crippen molar-refractivity contribution in [2.75, 3.05) is 0 Å². The number of rotatable bonds is 3. The van der Waals surface area contributed by atoms with Gasteiger partial charge in [0.15, 0.2) is 0 Å².